The molecule has 238 valence electrons. The van der Waals surface area contributed by atoms with Crippen molar-refractivity contribution in [3.8, 4) is 17.2 Å². The molecule has 0 spiro atoms. The Kier molecular flexibility index (Phi) is 11.0. The highest BCUT2D eigenvalue weighted by Crippen LogP contribution is 2.32. The first-order valence-electron chi connectivity index (χ1n) is 15.7. The fourth-order valence-corrected chi connectivity index (χ4v) is 6.01. The van der Waals surface area contributed by atoms with E-state index in [1.54, 1.807) is 18.2 Å². The Morgan fingerprint density at radius 3 is 2.61 bits per heavy atom. The lowest BCUT2D eigenvalue weighted by Gasteiger charge is -2.39. The third-order valence-electron chi connectivity index (χ3n) is 8.73. The SMILES string of the molecule is Cl.O=C1CCNC(=O)c2cc(OCC3CC3)cc(c2)Oc2cccc(c2)CO[C@@H]2CCN(C(=O)CC3CCNCC3)C[C@@H]2N1. The minimum atomic E-state index is -0.342. The summed E-state index contributed by atoms with van der Waals surface area (Å²) in [5.74, 6) is 2.31. The summed E-state index contributed by atoms with van der Waals surface area (Å²) in [7, 11) is 0. The maximum absolute atomic E-state index is 13.2. The van der Waals surface area contributed by atoms with Gasteiger partial charge in [0.15, 0.2) is 0 Å². The molecule has 0 unspecified atom stereocenters. The second-order valence-corrected chi connectivity index (χ2v) is 12.3. The van der Waals surface area contributed by atoms with Crippen LogP contribution in [0.25, 0.3) is 0 Å². The first-order chi connectivity index (χ1) is 21.0. The second-order valence-electron chi connectivity index (χ2n) is 12.3. The van der Waals surface area contributed by atoms with E-state index in [1.165, 1.54) is 0 Å². The maximum Gasteiger partial charge on any atom is 0.251 e. The molecular weight excluding hydrogens is 584 g/mol. The quantitative estimate of drug-likeness (QED) is 0.462. The number of fused-ring (bicyclic) bond motifs is 5. The number of hydrogen-bond acceptors (Lipinski definition) is 7. The molecule has 3 heterocycles. The van der Waals surface area contributed by atoms with Gasteiger partial charge < -0.3 is 35.1 Å². The van der Waals surface area contributed by atoms with Crippen molar-refractivity contribution in [2.45, 2.75) is 63.7 Å². The number of hydrogen-bond donors (Lipinski definition) is 3. The van der Waals surface area contributed by atoms with E-state index < -0.39 is 0 Å². The Bertz CT molecular complexity index is 1310. The van der Waals surface area contributed by atoms with Gasteiger partial charge in [-0.25, -0.2) is 0 Å². The molecule has 2 atom stereocenters. The van der Waals surface area contributed by atoms with Crippen molar-refractivity contribution >= 4 is 30.1 Å². The van der Waals surface area contributed by atoms with E-state index in [0.717, 1.165) is 44.3 Å². The Hall–Kier alpha value is -3.34. The number of carbonyl (C=O) groups is 3. The maximum atomic E-state index is 13.2. The molecule has 1 aliphatic carbocycles. The smallest absolute Gasteiger partial charge is 0.251 e. The predicted octanol–water partition coefficient (Wildman–Crippen LogP) is 3.82. The molecular formula is C33H43ClN4O6. The van der Waals surface area contributed by atoms with Crippen molar-refractivity contribution in [1.29, 1.82) is 0 Å². The molecule has 2 aromatic rings. The Morgan fingerprint density at radius 2 is 1.80 bits per heavy atom. The van der Waals surface area contributed by atoms with Crippen molar-refractivity contribution in [2.24, 2.45) is 11.8 Å². The number of carbonyl (C=O) groups excluding carboxylic acids is 3. The van der Waals surface area contributed by atoms with Gasteiger partial charge in [-0.1, -0.05) is 12.1 Å². The molecule has 3 amide bonds. The molecule has 2 saturated heterocycles. The molecule has 1 saturated carbocycles. The zero-order valence-corrected chi connectivity index (χ0v) is 25.9. The standard InChI is InChI=1S/C33H42N4O6.ClH/c38-31-8-12-35-33(40)25-16-27(41-20-23-4-5-23)18-28(17-25)43-26-3-1-2-24(14-26)21-42-30-9-13-37(19-29(30)36-31)32(39)15-22-6-10-34-11-7-22;/h1-3,14,16-18,22-23,29-30,34H,4-13,15,19-21H2,(H,35,40)(H,36,38);1H/t29-,30+;/m0./s1. The average molecular weight is 627 g/mol. The number of nitrogens with zero attached hydrogens (tertiary/aromatic N) is 1. The lowest BCUT2D eigenvalue weighted by atomic mass is 9.93. The normalized spacial score (nSPS) is 23.1. The number of amides is 3. The molecule has 3 N–H and O–H groups in total. The zero-order chi connectivity index (χ0) is 29.6. The van der Waals surface area contributed by atoms with Gasteiger partial charge in [-0.3, -0.25) is 14.4 Å². The van der Waals surface area contributed by atoms with Gasteiger partial charge in [-0.15, -0.1) is 12.4 Å². The van der Waals surface area contributed by atoms with Gasteiger partial charge >= 0.3 is 0 Å². The summed E-state index contributed by atoms with van der Waals surface area (Å²) in [6.07, 6.45) is 5.39. The van der Waals surface area contributed by atoms with Crippen LogP contribution in [0.1, 0.15) is 60.9 Å². The molecule has 2 aromatic carbocycles. The third-order valence-corrected chi connectivity index (χ3v) is 8.73. The van der Waals surface area contributed by atoms with E-state index in [-0.39, 0.29) is 55.2 Å². The van der Waals surface area contributed by atoms with Crippen molar-refractivity contribution in [3.05, 3.63) is 53.6 Å². The van der Waals surface area contributed by atoms with Crippen molar-refractivity contribution in [2.75, 3.05) is 39.3 Å². The van der Waals surface area contributed by atoms with Crippen molar-refractivity contribution in [3.63, 3.8) is 0 Å². The van der Waals surface area contributed by atoms with E-state index in [4.69, 9.17) is 14.2 Å². The second kappa shape index (κ2) is 15.1. The molecule has 4 aliphatic rings. The van der Waals surface area contributed by atoms with Crippen molar-refractivity contribution in [1.82, 2.24) is 20.9 Å². The van der Waals surface area contributed by atoms with Crippen LogP contribution in [0.15, 0.2) is 42.5 Å². The summed E-state index contributed by atoms with van der Waals surface area (Å²) in [4.78, 5) is 41.2. The van der Waals surface area contributed by atoms with Gasteiger partial charge in [-0.05, 0) is 86.9 Å². The van der Waals surface area contributed by atoms with E-state index in [0.29, 0.717) is 73.8 Å². The molecule has 6 rings (SSSR count). The first kappa shape index (κ1) is 32.1. The van der Waals surface area contributed by atoms with E-state index >= 15 is 0 Å². The molecule has 11 heteroatoms. The highest BCUT2D eigenvalue weighted by Gasteiger charge is 2.34. The lowest BCUT2D eigenvalue weighted by Crippen LogP contribution is -2.57. The van der Waals surface area contributed by atoms with Crippen LogP contribution >= 0.6 is 12.4 Å². The van der Waals surface area contributed by atoms with Crippen LogP contribution < -0.4 is 25.4 Å². The Morgan fingerprint density at radius 1 is 0.955 bits per heavy atom. The van der Waals surface area contributed by atoms with Gasteiger partial charge in [0.25, 0.3) is 5.91 Å². The van der Waals surface area contributed by atoms with Crippen LogP contribution in [0.2, 0.25) is 0 Å². The van der Waals surface area contributed by atoms with Crippen LogP contribution in [0.3, 0.4) is 0 Å². The number of ether oxygens (including phenoxy) is 3. The summed E-state index contributed by atoms with van der Waals surface area (Å²) in [6, 6.07) is 12.5. The topological polar surface area (TPSA) is 118 Å². The molecule has 4 bridgehead atoms. The first-order valence-corrected chi connectivity index (χ1v) is 15.7. The van der Waals surface area contributed by atoms with E-state index in [1.807, 2.05) is 29.2 Å². The molecule has 3 fully saturated rings. The number of nitrogens with one attached hydrogen (secondary N) is 3. The predicted molar refractivity (Wildman–Crippen MR) is 167 cm³/mol. The molecule has 10 nitrogen and oxygen atoms in total. The van der Waals surface area contributed by atoms with Crippen LogP contribution in [-0.4, -0.2) is 74.1 Å². The summed E-state index contributed by atoms with van der Waals surface area (Å²) in [6.45, 7) is 4.04. The van der Waals surface area contributed by atoms with Crippen molar-refractivity contribution < 1.29 is 28.6 Å². The van der Waals surface area contributed by atoms with Gasteiger partial charge in [0.2, 0.25) is 11.8 Å². The largest absolute Gasteiger partial charge is 0.493 e. The van der Waals surface area contributed by atoms with Crippen LogP contribution in [-0.2, 0) is 20.9 Å². The number of halogens is 1. The van der Waals surface area contributed by atoms with Crippen LogP contribution in [0.5, 0.6) is 17.2 Å². The summed E-state index contributed by atoms with van der Waals surface area (Å²) < 4.78 is 18.5. The van der Waals surface area contributed by atoms with Crippen LogP contribution in [0, 0.1) is 11.8 Å². The summed E-state index contributed by atoms with van der Waals surface area (Å²) in [5.41, 5.74) is 1.33. The Balaban J connectivity index is 0.00000384. The fourth-order valence-electron chi connectivity index (χ4n) is 6.01. The number of likely N-dealkylation sites (tertiary alicyclic amines) is 1. The summed E-state index contributed by atoms with van der Waals surface area (Å²) in [5, 5.41) is 9.32. The van der Waals surface area contributed by atoms with Gasteiger partial charge in [0.1, 0.15) is 17.2 Å². The highest BCUT2D eigenvalue weighted by atomic mass is 35.5. The number of piperidine rings is 2. The summed E-state index contributed by atoms with van der Waals surface area (Å²) >= 11 is 0. The average Bonchev–Trinajstić information content (AvgIpc) is 3.84. The Labute approximate surface area is 265 Å². The lowest BCUT2D eigenvalue weighted by molar-refractivity contribution is -0.138. The minimum absolute atomic E-state index is 0. The van der Waals surface area contributed by atoms with Gasteiger partial charge in [0.05, 0.1) is 25.4 Å². The van der Waals surface area contributed by atoms with Crippen LogP contribution in [0.4, 0.5) is 0 Å². The minimum Gasteiger partial charge on any atom is -0.493 e. The van der Waals surface area contributed by atoms with Gasteiger partial charge in [0, 0.05) is 44.1 Å². The van der Waals surface area contributed by atoms with E-state index in [9.17, 15) is 14.4 Å². The monoisotopic (exact) mass is 626 g/mol. The zero-order valence-electron chi connectivity index (χ0n) is 25.1. The number of benzene rings is 2. The molecule has 44 heavy (non-hydrogen) atoms. The number of rotatable bonds is 5. The molecule has 0 aromatic heterocycles. The van der Waals surface area contributed by atoms with E-state index in [2.05, 4.69) is 16.0 Å². The van der Waals surface area contributed by atoms with Gasteiger partial charge in [-0.2, -0.15) is 0 Å². The molecule has 3 aliphatic heterocycles. The molecule has 0 radical (unpaired) electrons. The fraction of sp³-hybridized carbons (Fsp3) is 0.545. The third kappa shape index (κ3) is 8.86. The highest BCUT2D eigenvalue weighted by molar-refractivity contribution is 5.95.